The minimum atomic E-state index is -0.0988. The lowest BCUT2D eigenvalue weighted by Gasteiger charge is -2.24. The highest BCUT2D eigenvalue weighted by molar-refractivity contribution is 5.76. The second kappa shape index (κ2) is 11.1. The molecule has 7 nitrogen and oxygen atoms in total. The predicted molar refractivity (Wildman–Crippen MR) is 74.6 cm³/mol. The molecule has 1 fully saturated rings. The van der Waals surface area contributed by atoms with Crippen molar-refractivity contribution in [2.75, 3.05) is 59.2 Å². The summed E-state index contributed by atoms with van der Waals surface area (Å²) in [6.07, 6.45) is 1.31. The molecule has 0 bridgehead atoms. The van der Waals surface area contributed by atoms with Gasteiger partial charge in [-0.2, -0.15) is 0 Å². The van der Waals surface area contributed by atoms with Crippen molar-refractivity contribution in [3.05, 3.63) is 0 Å². The molecule has 112 valence electrons. The van der Waals surface area contributed by atoms with E-state index in [2.05, 4.69) is 21.3 Å². The third kappa shape index (κ3) is 8.12. The molecule has 0 aromatic heterocycles. The van der Waals surface area contributed by atoms with E-state index in [1.165, 1.54) is 0 Å². The maximum absolute atomic E-state index is 11.8. The Morgan fingerprint density at radius 1 is 0.895 bits per heavy atom. The van der Waals surface area contributed by atoms with Gasteiger partial charge in [-0.25, -0.2) is 0 Å². The molecule has 1 amide bonds. The number of hydrogen-bond donors (Lipinski definition) is 5. The Morgan fingerprint density at radius 3 is 1.95 bits per heavy atom. The van der Waals surface area contributed by atoms with Gasteiger partial charge in [0.05, 0.1) is 19.9 Å². The van der Waals surface area contributed by atoms with Crippen molar-refractivity contribution in [2.24, 2.45) is 0 Å². The van der Waals surface area contributed by atoms with E-state index in [1.54, 1.807) is 4.90 Å². The molecule has 5 N–H and O–H groups in total. The van der Waals surface area contributed by atoms with Gasteiger partial charge < -0.3 is 20.6 Å². The van der Waals surface area contributed by atoms with Gasteiger partial charge in [0.2, 0.25) is 5.91 Å². The van der Waals surface area contributed by atoms with Gasteiger partial charge in [0.25, 0.3) is 0 Å². The van der Waals surface area contributed by atoms with Crippen molar-refractivity contribution in [1.29, 1.82) is 0 Å². The summed E-state index contributed by atoms with van der Waals surface area (Å²) in [5, 5.41) is 22.0. The molecule has 1 rings (SSSR count). The topological polar surface area (TPSA) is 88.7 Å². The first-order valence-corrected chi connectivity index (χ1v) is 7.06. The van der Waals surface area contributed by atoms with Crippen LogP contribution in [0.4, 0.5) is 0 Å². The molecule has 1 aliphatic rings. The summed E-state index contributed by atoms with van der Waals surface area (Å²) in [5.74, 6) is -0.0319. The number of nitrogens with zero attached hydrogens (tertiary/aromatic N) is 1. The molecule has 1 saturated heterocycles. The van der Waals surface area contributed by atoms with Crippen LogP contribution < -0.4 is 21.3 Å². The van der Waals surface area contributed by atoms with E-state index >= 15 is 0 Å². The number of amides is 1. The lowest BCUT2D eigenvalue weighted by molar-refractivity contribution is -0.132. The lowest BCUT2D eigenvalue weighted by Crippen LogP contribution is -2.47. The third-order valence-corrected chi connectivity index (χ3v) is 2.95. The van der Waals surface area contributed by atoms with Gasteiger partial charge in [-0.05, 0) is 19.5 Å². The number of nitrogens with one attached hydrogen (secondary N) is 4. The van der Waals surface area contributed by atoms with Crippen LogP contribution in [0.1, 0.15) is 12.8 Å². The molecule has 0 aromatic rings. The Morgan fingerprint density at radius 2 is 1.42 bits per heavy atom. The number of rotatable bonds is 2. The first kappa shape index (κ1) is 16.3. The Hall–Kier alpha value is -0.730. The van der Waals surface area contributed by atoms with Crippen molar-refractivity contribution >= 4 is 5.91 Å². The van der Waals surface area contributed by atoms with E-state index < -0.39 is 0 Å². The van der Waals surface area contributed by atoms with E-state index in [-0.39, 0.29) is 18.9 Å². The third-order valence-electron chi connectivity index (χ3n) is 2.95. The molecule has 7 heteroatoms. The zero-order valence-electron chi connectivity index (χ0n) is 11.6. The number of hydrogen-bond acceptors (Lipinski definition) is 6. The largest absolute Gasteiger partial charge is 0.396 e. The van der Waals surface area contributed by atoms with E-state index in [0.29, 0.717) is 13.3 Å². The van der Waals surface area contributed by atoms with E-state index in [4.69, 9.17) is 5.11 Å². The molecule has 0 spiro atoms. The fourth-order valence-electron chi connectivity index (χ4n) is 1.86. The smallest absolute Gasteiger partial charge is 0.226 e. The summed E-state index contributed by atoms with van der Waals surface area (Å²) in [7, 11) is 0. The summed E-state index contributed by atoms with van der Waals surface area (Å²) in [6, 6.07) is 0. The molecule has 19 heavy (non-hydrogen) atoms. The fraction of sp³-hybridized carbons (Fsp3) is 0.917. The first-order chi connectivity index (χ1) is 9.34. The molecule has 0 radical (unpaired) electrons. The Balaban J connectivity index is 2.33. The number of carbonyl (C=O) groups is 1. The highest BCUT2D eigenvalue weighted by Gasteiger charge is 2.11. The quantitative estimate of drug-likeness (QED) is 0.395. The van der Waals surface area contributed by atoms with Gasteiger partial charge in [0, 0.05) is 32.6 Å². The molecule has 0 aliphatic carbocycles. The number of aliphatic hydroxyl groups excluding tert-OH is 1. The molecule has 0 aromatic carbocycles. The molecule has 0 unspecified atom stereocenters. The molecule has 0 atom stereocenters. The average Bonchev–Trinajstić information content (AvgIpc) is 2.41. The monoisotopic (exact) mass is 273 g/mol. The highest BCUT2D eigenvalue weighted by atomic mass is 16.3. The summed E-state index contributed by atoms with van der Waals surface area (Å²) >= 11 is 0. The molecule has 1 heterocycles. The van der Waals surface area contributed by atoms with Crippen LogP contribution >= 0.6 is 0 Å². The minimum Gasteiger partial charge on any atom is -0.396 e. The average molecular weight is 273 g/mol. The van der Waals surface area contributed by atoms with Crippen LogP contribution in [0.25, 0.3) is 0 Å². The molecule has 0 saturated carbocycles. The Kier molecular flexibility index (Phi) is 9.56. The van der Waals surface area contributed by atoms with Crippen molar-refractivity contribution in [3.63, 3.8) is 0 Å². The van der Waals surface area contributed by atoms with Crippen LogP contribution in [0.2, 0.25) is 0 Å². The summed E-state index contributed by atoms with van der Waals surface area (Å²) < 4.78 is 0. The normalized spacial score (nSPS) is 20.8. The van der Waals surface area contributed by atoms with Crippen LogP contribution in [-0.2, 0) is 4.79 Å². The maximum Gasteiger partial charge on any atom is 0.226 e. The predicted octanol–water partition coefficient (Wildman–Crippen LogP) is -2.13. The standard InChI is InChI=1S/C12H27N5O2/c18-9-2-12(19)17-10-15-7-5-13-3-1-4-14-6-8-16-11-17/h13-16,18H,1-11H2. The summed E-state index contributed by atoms with van der Waals surface area (Å²) in [5.41, 5.74) is 0. The zero-order valence-corrected chi connectivity index (χ0v) is 11.6. The van der Waals surface area contributed by atoms with Crippen LogP contribution in [-0.4, -0.2) is 75.1 Å². The van der Waals surface area contributed by atoms with Gasteiger partial charge in [-0.1, -0.05) is 0 Å². The highest BCUT2D eigenvalue weighted by Crippen LogP contribution is 1.91. The van der Waals surface area contributed by atoms with Crippen LogP contribution in [0.3, 0.4) is 0 Å². The number of aliphatic hydroxyl groups is 1. The van der Waals surface area contributed by atoms with E-state index in [9.17, 15) is 4.79 Å². The molecule has 1 aliphatic heterocycles. The van der Waals surface area contributed by atoms with Crippen molar-refractivity contribution in [1.82, 2.24) is 26.2 Å². The first-order valence-electron chi connectivity index (χ1n) is 7.06. The second-order valence-electron chi connectivity index (χ2n) is 4.58. The molecular weight excluding hydrogens is 246 g/mol. The van der Waals surface area contributed by atoms with Gasteiger partial charge in [0.1, 0.15) is 0 Å². The number of carbonyl (C=O) groups excluding carboxylic acids is 1. The maximum atomic E-state index is 11.8. The van der Waals surface area contributed by atoms with Gasteiger partial charge in [-0.15, -0.1) is 0 Å². The second-order valence-corrected chi connectivity index (χ2v) is 4.58. The molecular formula is C12H27N5O2. The van der Waals surface area contributed by atoms with E-state index in [0.717, 1.165) is 45.7 Å². The van der Waals surface area contributed by atoms with Crippen molar-refractivity contribution in [3.8, 4) is 0 Å². The Labute approximate surface area is 115 Å². The van der Waals surface area contributed by atoms with Crippen molar-refractivity contribution in [2.45, 2.75) is 12.8 Å². The van der Waals surface area contributed by atoms with Crippen LogP contribution in [0.5, 0.6) is 0 Å². The summed E-state index contributed by atoms with van der Waals surface area (Å²) in [4.78, 5) is 13.5. The van der Waals surface area contributed by atoms with Gasteiger partial charge in [0.15, 0.2) is 0 Å². The zero-order chi connectivity index (χ0) is 13.8. The lowest BCUT2D eigenvalue weighted by atomic mass is 10.4. The fourth-order valence-corrected chi connectivity index (χ4v) is 1.86. The summed E-state index contributed by atoms with van der Waals surface area (Å²) in [6.45, 7) is 6.41. The minimum absolute atomic E-state index is 0.0319. The van der Waals surface area contributed by atoms with Gasteiger partial charge >= 0.3 is 0 Å². The van der Waals surface area contributed by atoms with Gasteiger partial charge in [-0.3, -0.25) is 15.4 Å². The SMILES string of the molecule is O=C(CCO)N1CNCCNCCCNCCNC1. The Bertz CT molecular complexity index is 226. The van der Waals surface area contributed by atoms with Crippen LogP contribution in [0, 0.1) is 0 Å². The van der Waals surface area contributed by atoms with Crippen molar-refractivity contribution < 1.29 is 9.90 Å². The van der Waals surface area contributed by atoms with E-state index in [1.807, 2.05) is 0 Å². The van der Waals surface area contributed by atoms with Crippen LogP contribution in [0.15, 0.2) is 0 Å².